The summed E-state index contributed by atoms with van der Waals surface area (Å²) in [6.07, 6.45) is 18.5. The first-order chi connectivity index (χ1) is 14.3. The van der Waals surface area contributed by atoms with E-state index in [0.717, 1.165) is 54.8 Å². The van der Waals surface area contributed by atoms with Gasteiger partial charge in [-0.05, 0) is 60.9 Å². The summed E-state index contributed by atoms with van der Waals surface area (Å²) in [7, 11) is 0. The monoisotopic (exact) mass is 394 g/mol. The quantitative estimate of drug-likeness (QED) is 0.376. The van der Waals surface area contributed by atoms with Gasteiger partial charge in [-0.3, -0.25) is 0 Å². The van der Waals surface area contributed by atoms with E-state index < -0.39 is 0 Å². The van der Waals surface area contributed by atoms with E-state index in [1.165, 1.54) is 56.9 Å². The lowest BCUT2D eigenvalue weighted by molar-refractivity contribution is 0.228. The summed E-state index contributed by atoms with van der Waals surface area (Å²) in [6, 6.07) is 8.19. The van der Waals surface area contributed by atoms with Crippen molar-refractivity contribution in [1.29, 1.82) is 0 Å². The van der Waals surface area contributed by atoms with E-state index in [9.17, 15) is 0 Å². The number of rotatable bonds is 11. The molecule has 0 bridgehead atoms. The van der Waals surface area contributed by atoms with Crippen molar-refractivity contribution in [2.75, 3.05) is 6.61 Å². The fourth-order valence-electron chi connectivity index (χ4n) is 4.49. The molecule has 2 aromatic rings. The molecule has 0 spiro atoms. The predicted molar refractivity (Wildman–Crippen MR) is 121 cm³/mol. The van der Waals surface area contributed by atoms with Gasteiger partial charge in [-0.15, -0.1) is 0 Å². The largest absolute Gasteiger partial charge is 0.494 e. The molecule has 1 heterocycles. The maximum absolute atomic E-state index is 5.97. The molecular weight excluding hydrogens is 356 g/mol. The third-order valence-electron chi connectivity index (χ3n) is 6.31. The maximum atomic E-state index is 5.97. The minimum absolute atomic E-state index is 0.783. The second-order valence-electron chi connectivity index (χ2n) is 8.71. The third kappa shape index (κ3) is 7.13. The Morgan fingerprint density at radius 3 is 2.03 bits per heavy atom. The van der Waals surface area contributed by atoms with Crippen LogP contribution in [0.25, 0.3) is 11.4 Å². The van der Waals surface area contributed by atoms with Crippen molar-refractivity contribution < 1.29 is 4.74 Å². The number of unbranched alkanes of at least 4 members (excludes halogenated alkanes) is 1. The van der Waals surface area contributed by atoms with Gasteiger partial charge in [-0.1, -0.05) is 65.2 Å². The zero-order valence-electron chi connectivity index (χ0n) is 18.4. The van der Waals surface area contributed by atoms with Crippen LogP contribution in [0.15, 0.2) is 36.7 Å². The van der Waals surface area contributed by atoms with Crippen molar-refractivity contribution in [3.8, 4) is 17.1 Å². The molecule has 0 N–H and O–H groups in total. The minimum Gasteiger partial charge on any atom is -0.494 e. The van der Waals surface area contributed by atoms with Gasteiger partial charge in [0, 0.05) is 18.0 Å². The number of benzene rings is 1. The van der Waals surface area contributed by atoms with Gasteiger partial charge in [0.15, 0.2) is 5.82 Å². The number of aryl methyl sites for hydroxylation is 1. The van der Waals surface area contributed by atoms with Gasteiger partial charge in [-0.2, -0.15) is 0 Å². The minimum atomic E-state index is 0.783. The zero-order chi connectivity index (χ0) is 20.3. The third-order valence-corrected chi connectivity index (χ3v) is 6.31. The molecule has 158 valence electrons. The first-order valence-electron chi connectivity index (χ1n) is 11.8. The first kappa shape index (κ1) is 21.8. The molecule has 0 amide bonds. The van der Waals surface area contributed by atoms with Crippen LogP contribution in [0.2, 0.25) is 0 Å². The molecule has 3 rings (SSSR count). The Morgan fingerprint density at radius 1 is 0.828 bits per heavy atom. The van der Waals surface area contributed by atoms with Crippen molar-refractivity contribution in [1.82, 2.24) is 9.97 Å². The standard InChI is InChI=1S/C26H38N2O/c1-3-5-8-21-10-12-22(13-11-21)9-6-18-29-25-16-14-24(15-17-25)26-27-19-23(7-4-2)20-28-26/h14-17,19-22H,3-13,18H2,1-2H3/t21-,22-. The summed E-state index contributed by atoms with van der Waals surface area (Å²) >= 11 is 0. The molecule has 0 unspecified atom stereocenters. The SMILES string of the molecule is CCCC[C@H]1CC[C@H](CCCOc2ccc(-c3ncc(CCC)cn3)cc2)CC1. The molecule has 1 aliphatic carbocycles. The summed E-state index contributed by atoms with van der Waals surface area (Å²) in [5.74, 6) is 3.66. The van der Waals surface area contributed by atoms with Gasteiger partial charge in [0.2, 0.25) is 0 Å². The molecule has 1 aromatic heterocycles. The zero-order valence-corrected chi connectivity index (χ0v) is 18.4. The van der Waals surface area contributed by atoms with Crippen LogP contribution in [0.1, 0.15) is 83.6 Å². The summed E-state index contributed by atoms with van der Waals surface area (Å²) < 4.78 is 5.97. The van der Waals surface area contributed by atoms with E-state index >= 15 is 0 Å². The molecular formula is C26H38N2O. The summed E-state index contributed by atoms with van der Waals surface area (Å²) in [4.78, 5) is 8.99. The Labute approximate surface area is 177 Å². The topological polar surface area (TPSA) is 35.0 Å². The average molecular weight is 395 g/mol. The number of ether oxygens (including phenoxy) is 1. The number of aromatic nitrogens is 2. The van der Waals surface area contributed by atoms with Gasteiger partial charge in [0.1, 0.15) is 5.75 Å². The number of hydrogen-bond acceptors (Lipinski definition) is 3. The molecule has 0 aliphatic heterocycles. The van der Waals surface area contributed by atoms with Crippen LogP contribution < -0.4 is 4.74 Å². The second kappa shape index (κ2) is 11.9. The van der Waals surface area contributed by atoms with Crippen LogP contribution in [0.3, 0.4) is 0 Å². The van der Waals surface area contributed by atoms with Crippen LogP contribution in [-0.2, 0) is 6.42 Å². The highest BCUT2D eigenvalue weighted by Crippen LogP contribution is 2.34. The summed E-state index contributed by atoms with van der Waals surface area (Å²) in [5, 5.41) is 0. The molecule has 1 fully saturated rings. The van der Waals surface area contributed by atoms with Crippen LogP contribution in [-0.4, -0.2) is 16.6 Å². The highest BCUT2D eigenvalue weighted by atomic mass is 16.5. The molecule has 0 atom stereocenters. The van der Waals surface area contributed by atoms with Gasteiger partial charge < -0.3 is 4.74 Å². The molecule has 1 aliphatic rings. The van der Waals surface area contributed by atoms with Crippen molar-refractivity contribution >= 4 is 0 Å². The van der Waals surface area contributed by atoms with Crippen molar-refractivity contribution in [2.24, 2.45) is 11.8 Å². The molecule has 29 heavy (non-hydrogen) atoms. The average Bonchev–Trinajstić information content (AvgIpc) is 2.77. The predicted octanol–water partition coefficient (Wildman–Crippen LogP) is 7.25. The Balaban J connectivity index is 1.35. The highest BCUT2D eigenvalue weighted by Gasteiger charge is 2.20. The van der Waals surface area contributed by atoms with Gasteiger partial charge in [-0.25, -0.2) is 9.97 Å². The van der Waals surface area contributed by atoms with E-state index in [1.807, 2.05) is 24.5 Å². The first-order valence-corrected chi connectivity index (χ1v) is 11.8. The van der Waals surface area contributed by atoms with Crippen molar-refractivity contribution in [2.45, 2.75) is 84.5 Å². The lowest BCUT2D eigenvalue weighted by Gasteiger charge is -2.28. The maximum Gasteiger partial charge on any atom is 0.159 e. The number of nitrogens with zero attached hydrogens (tertiary/aromatic N) is 2. The molecule has 0 saturated heterocycles. The van der Waals surface area contributed by atoms with Crippen LogP contribution in [0.5, 0.6) is 5.75 Å². The Hall–Kier alpha value is -1.90. The Kier molecular flexibility index (Phi) is 8.98. The van der Waals surface area contributed by atoms with Gasteiger partial charge >= 0.3 is 0 Å². The summed E-state index contributed by atoms with van der Waals surface area (Å²) in [6.45, 7) is 5.29. The normalized spacial score (nSPS) is 19.2. The smallest absolute Gasteiger partial charge is 0.159 e. The van der Waals surface area contributed by atoms with Gasteiger partial charge in [0.05, 0.1) is 6.61 Å². The lowest BCUT2D eigenvalue weighted by Crippen LogP contribution is -2.15. The molecule has 1 aromatic carbocycles. The second-order valence-corrected chi connectivity index (χ2v) is 8.71. The molecule has 3 nitrogen and oxygen atoms in total. The summed E-state index contributed by atoms with van der Waals surface area (Å²) in [5.41, 5.74) is 2.24. The van der Waals surface area contributed by atoms with Crippen molar-refractivity contribution in [3.63, 3.8) is 0 Å². The van der Waals surface area contributed by atoms with Crippen LogP contribution in [0, 0.1) is 11.8 Å². The Bertz CT molecular complexity index is 688. The van der Waals surface area contributed by atoms with E-state index in [4.69, 9.17) is 4.74 Å². The van der Waals surface area contributed by atoms with Gasteiger partial charge in [0.25, 0.3) is 0 Å². The molecule has 3 heteroatoms. The van der Waals surface area contributed by atoms with Crippen LogP contribution >= 0.6 is 0 Å². The van der Waals surface area contributed by atoms with E-state index in [0.29, 0.717) is 0 Å². The fourth-order valence-corrected chi connectivity index (χ4v) is 4.49. The Morgan fingerprint density at radius 2 is 1.45 bits per heavy atom. The molecule has 1 saturated carbocycles. The van der Waals surface area contributed by atoms with Crippen molar-refractivity contribution in [3.05, 3.63) is 42.2 Å². The van der Waals surface area contributed by atoms with E-state index in [-0.39, 0.29) is 0 Å². The number of hydrogen-bond donors (Lipinski definition) is 0. The van der Waals surface area contributed by atoms with E-state index in [2.05, 4.69) is 35.9 Å². The van der Waals surface area contributed by atoms with E-state index in [1.54, 1.807) is 0 Å². The lowest BCUT2D eigenvalue weighted by atomic mass is 9.78. The van der Waals surface area contributed by atoms with Crippen LogP contribution in [0.4, 0.5) is 0 Å². The fraction of sp³-hybridized carbons (Fsp3) is 0.615. The molecule has 0 radical (unpaired) electrons. The highest BCUT2D eigenvalue weighted by molar-refractivity contribution is 5.55.